The van der Waals surface area contributed by atoms with E-state index in [1.807, 2.05) is 35.0 Å². The van der Waals surface area contributed by atoms with E-state index in [0.29, 0.717) is 5.56 Å². The van der Waals surface area contributed by atoms with Crippen molar-refractivity contribution in [2.75, 3.05) is 0 Å². The van der Waals surface area contributed by atoms with Gasteiger partial charge in [-0.25, -0.2) is 4.68 Å². The van der Waals surface area contributed by atoms with Crippen LogP contribution < -0.4 is 0 Å². The summed E-state index contributed by atoms with van der Waals surface area (Å²) in [7, 11) is 0. The molecule has 104 valence electrons. The molecular formula is C18H16N2O. The Balaban J connectivity index is 2.24. The van der Waals surface area contributed by atoms with Gasteiger partial charge in [0.15, 0.2) is 6.29 Å². The minimum absolute atomic E-state index is 0.598. The van der Waals surface area contributed by atoms with Gasteiger partial charge < -0.3 is 0 Å². The molecule has 21 heavy (non-hydrogen) atoms. The van der Waals surface area contributed by atoms with Crippen LogP contribution in [0.1, 0.15) is 21.5 Å². The molecule has 0 atom stereocenters. The number of aryl methyl sites for hydroxylation is 2. The van der Waals surface area contributed by atoms with Gasteiger partial charge in [0.1, 0.15) is 0 Å². The molecule has 0 amide bonds. The molecule has 0 bridgehead atoms. The van der Waals surface area contributed by atoms with E-state index >= 15 is 0 Å². The summed E-state index contributed by atoms with van der Waals surface area (Å²) in [6.07, 6.45) is 2.47. The molecule has 0 aliphatic carbocycles. The van der Waals surface area contributed by atoms with E-state index in [1.165, 1.54) is 11.1 Å². The number of nitrogens with zero attached hydrogens (tertiary/aromatic N) is 2. The first kappa shape index (κ1) is 13.3. The molecule has 0 aliphatic rings. The molecule has 0 unspecified atom stereocenters. The van der Waals surface area contributed by atoms with Crippen LogP contribution in [0.25, 0.3) is 16.9 Å². The lowest BCUT2D eigenvalue weighted by Crippen LogP contribution is -2.01. The van der Waals surface area contributed by atoms with Crippen molar-refractivity contribution in [2.24, 2.45) is 0 Å². The Morgan fingerprint density at radius 1 is 1.00 bits per heavy atom. The molecule has 1 aromatic heterocycles. The Labute approximate surface area is 123 Å². The maximum Gasteiger partial charge on any atom is 0.153 e. The van der Waals surface area contributed by atoms with Gasteiger partial charge in [-0.1, -0.05) is 36.4 Å². The van der Waals surface area contributed by atoms with Crippen LogP contribution in [0.3, 0.4) is 0 Å². The van der Waals surface area contributed by atoms with Gasteiger partial charge in [0.25, 0.3) is 0 Å². The Bertz CT molecular complexity index is 768. The second-order valence-electron chi connectivity index (χ2n) is 5.19. The molecule has 0 N–H and O–H groups in total. The summed E-state index contributed by atoms with van der Waals surface area (Å²) in [6, 6.07) is 16.1. The molecule has 3 aromatic rings. The van der Waals surface area contributed by atoms with Gasteiger partial charge in [-0.15, -0.1) is 0 Å². The minimum Gasteiger partial charge on any atom is -0.298 e. The van der Waals surface area contributed by atoms with Crippen LogP contribution in [-0.4, -0.2) is 16.1 Å². The highest BCUT2D eigenvalue weighted by atomic mass is 16.1. The third kappa shape index (κ3) is 2.50. The number of aldehydes is 1. The Hall–Kier alpha value is -2.68. The van der Waals surface area contributed by atoms with E-state index in [9.17, 15) is 4.79 Å². The fourth-order valence-electron chi connectivity index (χ4n) is 2.60. The van der Waals surface area contributed by atoms with Gasteiger partial charge in [0.05, 0.1) is 23.1 Å². The van der Waals surface area contributed by atoms with Crippen molar-refractivity contribution in [1.29, 1.82) is 0 Å². The van der Waals surface area contributed by atoms with Gasteiger partial charge in [-0.2, -0.15) is 5.10 Å². The Morgan fingerprint density at radius 2 is 1.67 bits per heavy atom. The predicted octanol–water partition coefficient (Wildman–Crippen LogP) is 3.97. The third-order valence-electron chi connectivity index (χ3n) is 3.42. The molecule has 0 radical (unpaired) electrons. The second-order valence-corrected chi connectivity index (χ2v) is 5.19. The summed E-state index contributed by atoms with van der Waals surface area (Å²) in [4.78, 5) is 11.3. The average Bonchev–Trinajstić information content (AvgIpc) is 2.91. The van der Waals surface area contributed by atoms with Crippen molar-refractivity contribution in [3.05, 3.63) is 71.4 Å². The van der Waals surface area contributed by atoms with Crippen LogP contribution in [0.2, 0.25) is 0 Å². The lowest BCUT2D eigenvalue weighted by atomic mass is 10.1. The summed E-state index contributed by atoms with van der Waals surface area (Å²) in [5.41, 5.74) is 5.73. The molecule has 0 fully saturated rings. The smallest absolute Gasteiger partial charge is 0.153 e. The van der Waals surface area contributed by atoms with Crippen molar-refractivity contribution >= 4 is 6.29 Å². The maximum absolute atomic E-state index is 11.3. The highest BCUT2D eigenvalue weighted by molar-refractivity contribution is 5.86. The first-order chi connectivity index (χ1) is 10.2. The number of rotatable bonds is 3. The average molecular weight is 276 g/mol. The SMILES string of the molecule is Cc1cc(C)cc(-n2ncc(C=O)c2-c2ccccc2)c1. The number of hydrogen-bond donors (Lipinski definition) is 0. The molecule has 0 aliphatic heterocycles. The number of carbonyl (C=O) groups is 1. The van der Waals surface area contributed by atoms with Crippen molar-refractivity contribution in [2.45, 2.75) is 13.8 Å². The second kappa shape index (κ2) is 5.37. The monoisotopic (exact) mass is 276 g/mol. The number of carbonyl (C=O) groups excluding carboxylic acids is 1. The molecule has 0 spiro atoms. The fourth-order valence-corrected chi connectivity index (χ4v) is 2.60. The summed E-state index contributed by atoms with van der Waals surface area (Å²) >= 11 is 0. The number of benzene rings is 2. The van der Waals surface area contributed by atoms with Crippen LogP contribution >= 0.6 is 0 Å². The van der Waals surface area contributed by atoms with Gasteiger partial charge in [-0.05, 0) is 37.1 Å². The highest BCUT2D eigenvalue weighted by Gasteiger charge is 2.14. The molecule has 3 nitrogen and oxygen atoms in total. The number of aromatic nitrogens is 2. The first-order valence-electron chi connectivity index (χ1n) is 6.86. The van der Waals surface area contributed by atoms with Gasteiger partial charge in [0, 0.05) is 5.56 Å². The van der Waals surface area contributed by atoms with Crippen LogP contribution in [0.5, 0.6) is 0 Å². The zero-order valence-corrected chi connectivity index (χ0v) is 12.1. The normalized spacial score (nSPS) is 10.6. The quantitative estimate of drug-likeness (QED) is 0.678. The summed E-state index contributed by atoms with van der Waals surface area (Å²) in [5.74, 6) is 0. The van der Waals surface area contributed by atoms with Crippen molar-refractivity contribution in [1.82, 2.24) is 9.78 Å². The number of hydrogen-bond acceptors (Lipinski definition) is 2. The van der Waals surface area contributed by atoms with E-state index in [-0.39, 0.29) is 0 Å². The van der Waals surface area contributed by atoms with Gasteiger partial charge in [0.2, 0.25) is 0 Å². The standard InChI is InChI=1S/C18H16N2O/c1-13-8-14(2)10-17(9-13)20-18(16(12-21)11-19-20)15-6-4-3-5-7-15/h3-12H,1-2H3. The van der Waals surface area contributed by atoms with E-state index in [1.54, 1.807) is 6.20 Å². The van der Waals surface area contributed by atoms with Gasteiger partial charge >= 0.3 is 0 Å². The molecule has 3 rings (SSSR count). The topological polar surface area (TPSA) is 34.9 Å². The Kier molecular flexibility index (Phi) is 3.40. The zero-order valence-electron chi connectivity index (χ0n) is 12.1. The predicted molar refractivity (Wildman–Crippen MR) is 83.9 cm³/mol. The lowest BCUT2D eigenvalue weighted by molar-refractivity contribution is 0.112. The van der Waals surface area contributed by atoms with E-state index in [2.05, 4.69) is 37.1 Å². The van der Waals surface area contributed by atoms with Crippen molar-refractivity contribution in [3.8, 4) is 16.9 Å². The third-order valence-corrected chi connectivity index (χ3v) is 3.42. The van der Waals surface area contributed by atoms with Crippen LogP contribution in [0.4, 0.5) is 0 Å². The van der Waals surface area contributed by atoms with Gasteiger partial charge in [-0.3, -0.25) is 4.79 Å². The van der Waals surface area contributed by atoms with E-state index < -0.39 is 0 Å². The van der Waals surface area contributed by atoms with Crippen LogP contribution in [0, 0.1) is 13.8 Å². The molecule has 3 heteroatoms. The largest absolute Gasteiger partial charge is 0.298 e. The van der Waals surface area contributed by atoms with Crippen molar-refractivity contribution in [3.63, 3.8) is 0 Å². The van der Waals surface area contributed by atoms with E-state index in [4.69, 9.17) is 0 Å². The van der Waals surface area contributed by atoms with Crippen molar-refractivity contribution < 1.29 is 4.79 Å². The molecule has 1 heterocycles. The Morgan fingerprint density at radius 3 is 2.29 bits per heavy atom. The summed E-state index contributed by atoms with van der Waals surface area (Å²) in [5, 5.41) is 4.40. The van der Waals surface area contributed by atoms with E-state index in [0.717, 1.165) is 23.2 Å². The molecule has 0 saturated heterocycles. The lowest BCUT2D eigenvalue weighted by Gasteiger charge is -2.10. The maximum atomic E-state index is 11.3. The highest BCUT2D eigenvalue weighted by Crippen LogP contribution is 2.26. The fraction of sp³-hybridized carbons (Fsp3) is 0.111. The first-order valence-corrected chi connectivity index (χ1v) is 6.86. The van der Waals surface area contributed by atoms with Crippen LogP contribution in [0.15, 0.2) is 54.7 Å². The summed E-state index contributed by atoms with van der Waals surface area (Å²) in [6.45, 7) is 4.12. The molecule has 2 aromatic carbocycles. The summed E-state index contributed by atoms with van der Waals surface area (Å²) < 4.78 is 1.83. The zero-order chi connectivity index (χ0) is 14.8. The molecular weight excluding hydrogens is 260 g/mol. The minimum atomic E-state index is 0.598. The van der Waals surface area contributed by atoms with Crippen LogP contribution in [-0.2, 0) is 0 Å². The molecule has 0 saturated carbocycles.